The highest BCUT2D eigenvalue weighted by molar-refractivity contribution is 8.00. The van der Waals surface area contributed by atoms with Crippen LogP contribution in [-0.2, 0) is 11.8 Å². The lowest BCUT2D eigenvalue weighted by molar-refractivity contribution is -0.117. The Morgan fingerprint density at radius 3 is 2.38 bits per heavy atom. The molecule has 0 saturated carbocycles. The standard InChI is InChI=1S/C20H22N4OS/c1-14-10-12-16(13-11-14)18-21-22-20(24(18)4)26-15(2)19(25)23(3)17-8-6-5-7-9-17/h5-13,15H,1-4H3. The summed E-state index contributed by atoms with van der Waals surface area (Å²) in [6.07, 6.45) is 0. The number of thioether (sulfide) groups is 1. The monoisotopic (exact) mass is 366 g/mol. The topological polar surface area (TPSA) is 51.0 Å². The Labute approximate surface area is 158 Å². The van der Waals surface area contributed by atoms with Crippen LogP contribution in [0.15, 0.2) is 59.8 Å². The first kappa shape index (κ1) is 18.2. The van der Waals surface area contributed by atoms with Gasteiger partial charge in [-0.25, -0.2) is 0 Å². The largest absolute Gasteiger partial charge is 0.315 e. The molecule has 5 nitrogen and oxygen atoms in total. The van der Waals surface area contributed by atoms with Crippen LogP contribution in [0.4, 0.5) is 5.69 Å². The second kappa shape index (κ2) is 7.74. The van der Waals surface area contributed by atoms with E-state index >= 15 is 0 Å². The molecular formula is C20H22N4OS. The van der Waals surface area contributed by atoms with Crippen molar-refractivity contribution in [1.29, 1.82) is 0 Å². The second-order valence-electron chi connectivity index (χ2n) is 6.22. The van der Waals surface area contributed by atoms with Gasteiger partial charge in [0.05, 0.1) is 5.25 Å². The number of carbonyl (C=O) groups excluding carboxylic acids is 1. The Morgan fingerprint density at radius 1 is 1.08 bits per heavy atom. The van der Waals surface area contributed by atoms with Gasteiger partial charge in [0.2, 0.25) is 5.91 Å². The molecule has 26 heavy (non-hydrogen) atoms. The molecule has 1 aromatic heterocycles. The number of aryl methyl sites for hydroxylation is 1. The lowest BCUT2D eigenvalue weighted by Crippen LogP contribution is -2.33. The third-order valence-corrected chi connectivity index (χ3v) is 5.37. The van der Waals surface area contributed by atoms with Crippen molar-refractivity contribution in [2.45, 2.75) is 24.3 Å². The van der Waals surface area contributed by atoms with E-state index in [2.05, 4.69) is 29.3 Å². The first-order valence-electron chi connectivity index (χ1n) is 8.43. The number of benzene rings is 2. The first-order valence-corrected chi connectivity index (χ1v) is 9.31. The molecule has 1 amide bonds. The second-order valence-corrected chi connectivity index (χ2v) is 7.53. The molecule has 1 atom stereocenters. The molecule has 3 rings (SSSR count). The van der Waals surface area contributed by atoms with Crippen LogP contribution >= 0.6 is 11.8 Å². The van der Waals surface area contributed by atoms with E-state index in [9.17, 15) is 4.79 Å². The molecule has 1 unspecified atom stereocenters. The van der Waals surface area contributed by atoms with Crippen molar-refractivity contribution in [3.8, 4) is 11.4 Å². The van der Waals surface area contributed by atoms with E-state index in [1.54, 1.807) is 11.9 Å². The van der Waals surface area contributed by atoms with Gasteiger partial charge in [0.1, 0.15) is 0 Å². The summed E-state index contributed by atoms with van der Waals surface area (Å²) in [6.45, 7) is 3.95. The molecule has 2 aromatic carbocycles. The quantitative estimate of drug-likeness (QED) is 0.642. The van der Waals surface area contributed by atoms with Crippen molar-refractivity contribution in [3.63, 3.8) is 0 Å². The van der Waals surface area contributed by atoms with Gasteiger partial charge in [-0.2, -0.15) is 0 Å². The number of hydrogen-bond donors (Lipinski definition) is 0. The number of anilines is 1. The normalized spacial score (nSPS) is 12.0. The molecule has 0 aliphatic carbocycles. The van der Waals surface area contributed by atoms with Crippen molar-refractivity contribution in [1.82, 2.24) is 14.8 Å². The van der Waals surface area contributed by atoms with Crippen molar-refractivity contribution in [3.05, 3.63) is 60.2 Å². The maximum Gasteiger partial charge on any atom is 0.240 e. The third kappa shape index (κ3) is 3.80. The van der Waals surface area contributed by atoms with Gasteiger partial charge >= 0.3 is 0 Å². The van der Waals surface area contributed by atoms with Gasteiger partial charge in [-0.3, -0.25) is 4.79 Å². The van der Waals surface area contributed by atoms with E-state index in [4.69, 9.17) is 0 Å². The third-order valence-electron chi connectivity index (χ3n) is 4.25. The molecule has 0 fully saturated rings. The summed E-state index contributed by atoms with van der Waals surface area (Å²) in [5, 5.41) is 9.03. The molecule has 1 heterocycles. The smallest absolute Gasteiger partial charge is 0.240 e. The van der Waals surface area contributed by atoms with Crippen molar-refractivity contribution >= 4 is 23.4 Å². The van der Waals surface area contributed by atoms with Gasteiger partial charge in [0, 0.05) is 25.3 Å². The maximum atomic E-state index is 12.7. The number of carbonyl (C=O) groups is 1. The number of rotatable bonds is 5. The Balaban J connectivity index is 1.74. The van der Waals surface area contributed by atoms with Gasteiger partial charge in [-0.1, -0.05) is 59.8 Å². The van der Waals surface area contributed by atoms with Crippen molar-refractivity contribution in [2.24, 2.45) is 7.05 Å². The van der Waals surface area contributed by atoms with E-state index in [1.165, 1.54) is 17.3 Å². The average Bonchev–Trinajstić information content (AvgIpc) is 3.02. The maximum absolute atomic E-state index is 12.7. The number of para-hydroxylation sites is 1. The summed E-state index contributed by atoms with van der Waals surface area (Å²) in [5.74, 6) is 0.824. The molecule has 3 aromatic rings. The van der Waals surface area contributed by atoms with Gasteiger partial charge in [-0.05, 0) is 26.0 Å². The minimum Gasteiger partial charge on any atom is -0.315 e. The fraction of sp³-hybridized carbons (Fsp3) is 0.250. The zero-order chi connectivity index (χ0) is 18.7. The van der Waals surface area contributed by atoms with Gasteiger partial charge < -0.3 is 9.47 Å². The van der Waals surface area contributed by atoms with Gasteiger partial charge in [0.25, 0.3) is 0 Å². The summed E-state index contributed by atoms with van der Waals surface area (Å²) in [6, 6.07) is 17.8. The molecule has 0 aliphatic heterocycles. The summed E-state index contributed by atoms with van der Waals surface area (Å²) < 4.78 is 1.93. The summed E-state index contributed by atoms with van der Waals surface area (Å²) in [7, 11) is 3.72. The lowest BCUT2D eigenvalue weighted by Gasteiger charge is -2.20. The fourth-order valence-electron chi connectivity index (χ4n) is 2.63. The molecule has 0 bridgehead atoms. The molecule has 0 saturated heterocycles. The summed E-state index contributed by atoms with van der Waals surface area (Å²) in [5.41, 5.74) is 3.09. The zero-order valence-corrected chi connectivity index (χ0v) is 16.2. The van der Waals surface area contributed by atoms with E-state index in [0.29, 0.717) is 0 Å². The number of hydrogen-bond acceptors (Lipinski definition) is 4. The summed E-state index contributed by atoms with van der Waals surface area (Å²) in [4.78, 5) is 14.4. The molecular weight excluding hydrogens is 344 g/mol. The highest BCUT2D eigenvalue weighted by atomic mass is 32.2. The Kier molecular flexibility index (Phi) is 5.42. The fourth-order valence-corrected chi connectivity index (χ4v) is 3.54. The van der Waals surface area contributed by atoms with Gasteiger partial charge in [-0.15, -0.1) is 10.2 Å². The highest BCUT2D eigenvalue weighted by Gasteiger charge is 2.22. The first-order chi connectivity index (χ1) is 12.5. The van der Waals surface area contributed by atoms with Crippen LogP contribution in [0.1, 0.15) is 12.5 Å². The van der Waals surface area contributed by atoms with Crippen LogP contribution in [-0.4, -0.2) is 33.0 Å². The minimum atomic E-state index is -0.269. The molecule has 134 valence electrons. The molecule has 0 spiro atoms. The van der Waals surface area contributed by atoms with Crippen LogP contribution in [0.25, 0.3) is 11.4 Å². The van der Waals surface area contributed by atoms with E-state index < -0.39 is 0 Å². The average molecular weight is 366 g/mol. The summed E-state index contributed by atoms with van der Waals surface area (Å²) >= 11 is 1.42. The van der Waals surface area contributed by atoms with Crippen LogP contribution in [0.2, 0.25) is 0 Å². The SMILES string of the molecule is Cc1ccc(-c2nnc(SC(C)C(=O)N(C)c3ccccc3)n2C)cc1. The number of nitrogens with zero attached hydrogens (tertiary/aromatic N) is 4. The predicted molar refractivity (Wildman–Crippen MR) is 106 cm³/mol. The Hall–Kier alpha value is -2.60. The highest BCUT2D eigenvalue weighted by Crippen LogP contribution is 2.27. The van der Waals surface area contributed by atoms with Crippen molar-refractivity contribution in [2.75, 3.05) is 11.9 Å². The van der Waals surface area contributed by atoms with E-state index in [-0.39, 0.29) is 11.2 Å². The Bertz CT molecular complexity index is 890. The lowest BCUT2D eigenvalue weighted by atomic mass is 10.1. The Morgan fingerprint density at radius 2 is 1.73 bits per heavy atom. The van der Waals surface area contributed by atoms with E-state index in [1.807, 2.05) is 61.0 Å². The van der Waals surface area contributed by atoms with Gasteiger partial charge in [0.15, 0.2) is 11.0 Å². The molecule has 0 aliphatic rings. The van der Waals surface area contributed by atoms with Crippen LogP contribution in [0.3, 0.4) is 0 Å². The van der Waals surface area contributed by atoms with Crippen LogP contribution < -0.4 is 4.90 Å². The van der Waals surface area contributed by atoms with E-state index in [0.717, 1.165) is 22.2 Å². The zero-order valence-electron chi connectivity index (χ0n) is 15.4. The molecule has 0 radical (unpaired) electrons. The van der Waals surface area contributed by atoms with Crippen LogP contribution in [0.5, 0.6) is 0 Å². The number of aromatic nitrogens is 3. The predicted octanol–water partition coefficient (Wildman–Crippen LogP) is 3.93. The molecule has 0 N–H and O–H groups in total. The number of amides is 1. The van der Waals surface area contributed by atoms with Crippen molar-refractivity contribution < 1.29 is 4.79 Å². The molecule has 6 heteroatoms. The van der Waals surface area contributed by atoms with Crippen LogP contribution in [0, 0.1) is 6.92 Å². The minimum absolute atomic E-state index is 0.0288.